The van der Waals surface area contributed by atoms with Gasteiger partial charge in [0, 0.05) is 30.8 Å². The van der Waals surface area contributed by atoms with Crippen molar-refractivity contribution in [3.8, 4) is 11.6 Å². The van der Waals surface area contributed by atoms with Crippen molar-refractivity contribution < 1.29 is 13.9 Å². The van der Waals surface area contributed by atoms with E-state index in [2.05, 4.69) is 10.3 Å². The molecule has 1 N–H and O–H groups in total. The summed E-state index contributed by atoms with van der Waals surface area (Å²) in [4.78, 5) is 18.2. The summed E-state index contributed by atoms with van der Waals surface area (Å²) in [5, 5.41) is 2.87. The van der Waals surface area contributed by atoms with E-state index in [0.29, 0.717) is 12.1 Å². The highest BCUT2D eigenvalue weighted by atomic mass is 19.1. The average Bonchev–Trinajstić information content (AvgIpc) is 2.55. The lowest BCUT2D eigenvalue weighted by molar-refractivity contribution is -0.125. The lowest BCUT2D eigenvalue weighted by Crippen LogP contribution is -2.34. The fourth-order valence-corrected chi connectivity index (χ4v) is 2.27. The number of amides is 1. The molecule has 0 aliphatic heterocycles. The van der Waals surface area contributed by atoms with Crippen LogP contribution >= 0.6 is 0 Å². The van der Waals surface area contributed by atoms with E-state index in [1.54, 1.807) is 30.5 Å². The number of pyridine rings is 1. The number of ether oxygens (including phenoxy) is 1. The molecule has 1 aromatic carbocycles. The Kier molecular flexibility index (Phi) is 6.26. The number of nitrogens with one attached hydrogen (secondary N) is 1. The third kappa shape index (κ3) is 5.03. The van der Waals surface area contributed by atoms with Gasteiger partial charge >= 0.3 is 0 Å². The van der Waals surface area contributed by atoms with Crippen molar-refractivity contribution in [3.05, 3.63) is 54.0 Å². The van der Waals surface area contributed by atoms with Gasteiger partial charge in [-0.1, -0.05) is 25.1 Å². The summed E-state index contributed by atoms with van der Waals surface area (Å²) >= 11 is 0. The van der Waals surface area contributed by atoms with Crippen molar-refractivity contribution in [2.45, 2.75) is 13.5 Å². The average molecular weight is 331 g/mol. The van der Waals surface area contributed by atoms with E-state index in [1.807, 2.05) is 25.9 Å². The van der Waals surface area contributed by atoms with E-state index in [0.717, 1.165) is 0 Å². The molecular weight excluding hydrogens is 309 g/mol. The van der Waals surface area contributed by atoms with E-state index >= 15 is 0 Å². The number of carbonyl (C=O) groups excluding carboxylic acids is 1. The number of para-hydroxylation sites is 1. The van der Waals surface area contributed by atoms with Crippen LogP contribution in [0.1, 0.15) is 12.5 Å². The molecule has 0 bridgehead atoms. The molecule has 6 heteroatoms. The summed E-state index contributed by atoms with van der Waals surface area (Å²) in [6.07, 6.45) is 1.57. The Bertz CT molecular complexity index is 691. The van der Waals surface area contributed by atoms with E-state index in [-0.39, 0.29) is 30.0 Å². The molecule has 1 atom stereocenters. The Morgan fingerprint density at radius 1 is 1.29 bits per heavy atom. The number of nitrogens with zero attached hydrogens (tertiary/aromatic N) is 2. The number of halogens is 1. The zero-order valence-electron chi connectivity index (χ0n) is 14.1. The molecule has 2 aromatic rings. The molecule has 0 unspecified atom stereocenters. The first-order chi connectivity index (χ1) is 11.5. The smallest absolute Gasteiger partial charge is 0.224 e. The summed E-state index contributed by atoms with van der Waals surface area (Å²) < 4.78 is 19.3. The zero-order valence-corrected chi connectivity index (χ0v) is 14.1. The van der Waals surface area contributed by atoms with Crippen molar-refractivity contribution in [1.82, 2.24) is 15.2 Å². The van der Waals surface area contributed by atoms with Gasteiger partial charge in [-0.25, -0.2) is 9.37 Å². The molecule has 24 heavy (non-hydrogen) atoms. The number of benzene rings is 1. The van der Waals surface area contributed by atoms with Crippen LogP contribution in [0.2, 0.25) is 0 Å². The molecule has 128 valence electrons. The van der Waals surface area contributed by atoms with Crippen LogP contribution in [0, 0.1) is 11.7 Å². The molecule has 0 aliphatic carbocycles. The van der Waals surface area contributed by atoms with Crippen LogP contribution in [-0.4, -0.2) is 36.4 Å². The number of hydrogen-bond donors (Lipinski definition) is 1. The minimum Gasteiger partial charge on any atom is -0.436 e. The number of rotatable bonds is 7. The van der Waals surface area contributed by atoms with Gasteiger partial charge in [0.15, 0.2) is 11.6 Å². The third-order valence-corrected chi connectivity index (χ3v) is 3.43. The molecule has 1 heterocycles. The van der Waals surface area contributed by atoms with Crippen LogP contribution in [0.25, 0.3) is 0 Å². The van der Waals surface area contributed by atoms with Gasteiger partial charge in [0.2, 0.25) is 11.8 Å². The van der Waals surface area contributed by atoms with Crippen LogP contribution in [0.15, 0.2) is 42.6 Å². The normalized spacial score (nSPS) is 12.0. The Morgan fingerprint density at radius 2 is 2.04 bits per heavy atom. The third-order valence-electron chi connectivity index (χ3n) is 3.43. The van der Waals surface area contributed by atoms with Crippen LogP contribution in [0.3, 0.4) is 0 Å². The standard InChI is InChI=1S/C18H22FN3O2/c1-13(12-22(2)3)17(23)21-11-14-7-6-10-20-18(14)24-16-9-5-4-8-15(16)19/h4-10,13H,11-12H2,1-3H3,(H,21,23)/t13-/m1/s1. The van der Waals surface area contributed by atoms with Gasteiger partial charge in [0.25, 0.3) is 0 Å². The predicted octanol–water partition coefficient (Wildman–Crippen LogP) is 2.83. The fraction of sp³-hybridized carbons (Fsp3) is 0.333. The molecule has 0 radical (unpaired) electrons. The highest BCUT2D eigenvalue weighted by molar-refractivity contribution is 5.78. The quantitative estimate of drug-likeness (QED) is 0.848. The highest BCUT2D eigenvalue weighted by Crippen LogP contribution is 2.25. The summed E-state index contributed by atoms with van der Waals surface area (Å²) in [5.74, 6) is -0.261. The van der Waals surface area contributed by atoms with Crippen molar-refractivity contribution in [3.63, 3.8) is 0 Å². The van der Waals surface area contributed by atoms with Crippen molar-refractivity contribution in [2.75, 3.05) is 20.6 Å². The lowest BCUT2D eigenvalue weighted by atomic mass is 10.1. The van der Waals surface area contributed by atoms with Crippen molar-refractivity contribution in [2.24, 2.45) is 5.92 Å². The molecule has 2 rings (SSSR count). The lowest BCUT2D eigenvalue weighted by Gasteiger charge is -2.17. The molecule has 0 saturated heterocycles. The van der Waals surface area contributed by atoms with Crippen LogP contribution < -0.4 is 10.1 Å². The maximum absolute atomic E-state index is 13.7. The van der Waals surface area contributed by atoms with E-state index < -0.39 is 5.82 Å². The Morgan fingerprint density at radius 3 is 2.75 bits per heavy atom. The Labute approximate surface area is 141 Å². The minimum atomic E-state index is -0.460. The first-order valence-electron chi connectivity index (χ1n) is 7.76. The first-order valence-corrected chi connectivity index (χ1v) is 7.76. The Hall–Kier alpha value is -2.47. The second kappa shape index (κ2) is 8.40. The second-order valence-corrected chi connectivity index (χ2v) is 5.88. The second-order valence-electron chi connectivity index (χ2n) is 5.88. The summed E-state index contributed by atoms with van der Waals surface area (Å²) in [6.45, 7) is 2.81. The molecule has 0 aliphatic rings. The highest BCUT2D eigenvalue weighted by Gasteiger charge is 2.15. The zero-order chi connectivity index (χ0) is 17.5. The molecule has 0 spiro atoms. The maximum Gasteiger partial charge on any atom is 0.224 e. The molecule has 0 saturated carbocycles. The van der Waals surface area contributed by atoms with Gasteiger partial charge in [-0.05, 0) is 32.3 Å². The summed E-state index contributed by atoms with van der Waals surface area (Å²) in [5.41, 5.74) is 0.686. The van der Waals surface area contributed by atoms with Crippen molar-refractivity contribution >= 4 is 5.91 Å². The van der Waals surface area contributed by atoms with Crippen LogP contribution in [0.5, 0.6) is 11.6 Å². The SMILES string of the molecule is C[C@H](CN(C)C)C(=O)NCc1cccnc1Oc1ccccc1F. The van der Waals surface area contributed by atoms with Crippen molar-refractivity contribution in [1.29, 1.82) is 0 Å². The molecule has 1 amide bonds. The first kappa shape index (κ1) is 17.9. The molecule has 5 nitrogen and oxygen atoms in total. The molecule has 1 aromatic heterocycles. The number of hydrogen-bond acceptors (Lipinski definition) is 4. The monoisotopic (exact) mass is 331 g/mol. The van der Waals surface area contributed by atoms with Gasteiger partial charge in [-0.2, -0.15) is 0 Å². The molecular formula is C18H22FN3O2. The van der Waals surface area contributed by atoms with Gasteiger partial charge in [0.05, 0.1) is 0 Å². The van der Waals surface area contributed by atoms with Gasteiger partial charge in [0.1, 0.15) is 0 Å². The minimum absolute atomic E-state index is 0.0515. The molecule has 0 fully saturated rings. The maximum atomic E-state index is 13.7. The summed E-state index contributed by atoms with van der Waals surface area (Å²) in [7, 11) is 3.84. The van der Waals surface area contributed by atoms with Gasteiger partial charge < -0.3 is 15.0 Å². The van der Waals surface area contributed by atoms with Crippen LogP contribution in [0.4, 0.5) is 4.39 Å². The van der Waals surface area contributed by atoms with E-state index in [4.69, 9.17) is 4.74 Å². The van der Waals surface area contributed by atoms with E-state index in [9.17, 15) is 9.18 Å². The fourth-order valence-electron chi connectivity index (χ4n) is 2.27. The van der Waals surface area contributed by atoms with Gasteiger partial charge in [-0.3, -0.25) is 4.79 Å². The van der Waals surface area contributed by atoms with E-state index in [1.165, 1.54) is 12.1 Å². The summed E-state index contributed by atoms with van der Waals surface area (Å²) in [6, 6.07) is 9.67. The van der Waals surface area contributed by atoms with Gasteiger partial charge in [-0.15, -0.1) is 0 Å². The Balaban J connectivity index is 2.04. The predicted molar refractivity (Wildman–Crippen MR) is 90.3 cm³/mol. The largest absolute Gasteiger partial charge is 0.436 e. The van der Waals surface area contributed by atoms with Crippen LogP contribution in [-0.2, 0) is 11.3 Å². The topological polar surface area (TPSA) is 54.5 Å². The number of carbonyl (C=O) groups is 1. The number of aromatic nitrogens is 1.